The molecule has 6 heteroatoms. The molecule has 0 radical (unpaired) electrons. The number of rotatable bonds is 2. The minimum atomic E-state index is 0.165. The summed E-state index contributed by atoms with van der Waals surface area (Å²) < 4.78 is 1.73. The van der Waals surface area contributed by atoms with Crippen LogP contribution in [0.4, 0.5) is 11.6 Å². The van der Waals surface area contributed by atoms with Crippen molar-refractivity contribution in [3.63, 3.8) is 0 Å². The number of nitrogen functional groups attached to an aromatic ring is 1. The Morgan fingerprint density at radius 1 is 1.28 bits per heavy atom. The molecule has 1 aromatic rings. The minimum absolute atomic E-state index is 0.165. The van der Waals surface area contributed by atoms with Gasteiger partial charge in [0.25, 0.3) is 0 Å². The van der Waals surface area contributed by atoms with Gasteiger partial charge in [0.15, 0.2) is 5.82 Å². The summed E-state index contributed by atoms with van der Waals surface area (Å²) in [6.45, 7) is 7.77. The van der Waals surface area contributed by atoms with Crippen molar-refractivity contribution in [1.82, 2.24) is 14.7 Å². The molecule has 0 saturated carbocycles. The maximum Gasteiger partial charge on any atom is 0.171 e. The minimum Gasteiger partial charge on any atom is -0.383 e. The second-order valence-corrected chi connectivity index (χ2v) is 5.02. The molecule has 0 bridgehead atoms. The molecule has 1 aromatic heterocycles. The molecule has 0 spiro atoms. The summed E-state index contributed by atoms with van der Waals surface area (Å²) in [7, 11) is 2.10. The first kappa shape index (κ1) is 12.7. The lowest BCUT2D eigenvalue weighted by atomic mass is 10.2. The summed E-state index contributed by atoms with van der Waals surface area (Å²) in [5.74, 6) is 1.21. The van der Waals surface area contributed by atoms with Gasteiger partial charge < -0.3 is 15.5 Å². The normalized spacial score (nSPS) is 17.2. The van der Waals surface area contributed by atoms with Gasteiger partial charge in [-0.15, -0.1) is 0 Å². The topological polar surface area (TPSA) is 74.1 Å². The lowest BCUT2D eigenvalue weighted by Crippen LogP contribution is -2.45. The largest absolute Gasteiger partial charge is 0.383 e. The van der Waals surface area contributed by atoms with Crippen LogP contribution in [0.2, 0.25) is 0 Å². The fourth-order valence-electron chi connectivity index (χ4n) is 2.18. The zero-order valence-corrected chi connectivity index (χ0v) is 11.2. The van der Waals surface area contributed by atoms with E-state index in [-0.39, 0.29) is 6.04 Å². The Labute approximate surface area is 108 Å². The van der Waals surface area contributed by atoms with E-state index in [2.05, 4.69) is 28.0 Å². The summed E-state index contributed by atoms with van der Waals surface area (Å²) in [6.07, 6.45) is 0. The molecule has 98 valence electrons. The molecule has 0 atom stereocenters. The van der Waals surface area contributed by atoms with E-state index in [0.717, 1.165) is 32.0 Å². The number of nitrogens with zero attached hydrogens (tertiary/aromatic N) is 5. The van der Waals surface area contributed by atoms with E-state index in [9.17, 15) is 5.26 Å². The van der Waals surface area contributed by atoms with E-state index in [1.54, 1.807) is 4.68 Å². The van der Waals surface area contributed by atoms with Gasteiger partial charge in [-0.3, -0.25) is 0 Å². The van der Waals surface area contributed by atoms with Gasteiger partial charge in [0.2, 0.25) is 0 Å². The number of likely N-dealkylation sites (N-methyl/N-ethyl adjacent to an activating group) is 1. The van der Waals surface area contributed by atoms with Crippen LogP contribution in [0, 0.1) is 11.3 Å². The summed E-state index contributed by atoms with van der Waals surface area (Å²) in [4.78, 5) is 4.42. The highest BCUT2D eigenvalue weighted by atomic mass is 15.4. The van der Waals surface area contributed by atoms with Gasteiger partial charge >= 0.3 is 0 Å². The molecule has 0 aliphatic carbocycles. The van der Waals surface area contributed by atoms with Crippen LogP contribution in [0.25, 0.3) is 0 Å². The van der Waals surface area contributed by atoms with Crippen LogP contribution in [0.5, 0.6) is 0 Å². The molecule has 18 heavy (non-hydrogen) atoms. The second kappa shape index (κ2) is 4.86. The Balaban J connectivity index is 2.33. The predicted octanol–water partition coefficient (Wildman–Crippen LogP) is 0.670. The Morgan fingerprint density at radius 3 is 2.39 bits per heavy atom. The SMILES string of the molecule is CC(C)n1nc(N2CCN(C)CC2)c(C#N)c1N. The summed E-state index contributed by atoms with van der Waals surface area (Å²) in [5, 5.41) is 13.8. The molecule has 1 aliphatic rings. The fraction of sp³-hybridized carbons (Fsp3) is 0.667. The molecule has 0 unspecified atom stereocenters. The first-order chi connectivity index (χ1) is 8.54. The van der Waals surface area contributed by atoms with Crippen LogP contribution >= 0.6 is 0 Å². The Bertz CT molecular complexity index is 462. The molecule has 2 rings (SSSR count). The smallest absolute Gasteiger partial charge is 0.171 e. The van der Waals surface area contributed by atoms with Gasteiger partial charge in [0.05, 0.1) is 0 Å². The molecule has 2 heterocycles. The third-order valence-corrected chi connectivity index (χ3v) is 3.33. The zero-order chi connectivity index (χ0) is 13.3. The number of nitriles is 1. The first-order valence-electron chi connectivity index (χ1n) is 6.26. The highest BCUT2D eigenvalue weighted by Crippen LogP contribution is 2.27. The molecule has 1 aliphatic heterocycles. The molecule has 1 fully saturated rings. The monoisotopic (exact) mass is 248 g/mol. The molecule has 6 nitrogen and oxygen atoms in total. The lowest BCUT2D eigenvalue weighted by molar-refractivity contribution is 0.311. The number of aromatic nitrogens is 2. The van der Waals surface area contributed by atoms with Crippen molar-refractivity contribution in [1.29, 1.82) is 5.26 Å². The van der Waals surface area contributed by atoms with E-state index in [0.29, 0.717) is 11.4 Å². The average Bonchev–Trinajstić information content (AvgIpc) is 2.67. The lowest BCUT2D eigenvalue weighted by Gasteiger charge is -2.32. The number of piperazine rings is 1. The first-order valence-corrected chi connectivity index (χ1v) is 6.26. The van der Waals surface area contributed by atoms with Gasteiger partial charge in [-0.2, -0.15) is 10.4 Å². The van der Waals surface area contributed by atoms with Gasteiger partial charge in [-0.25, -0.2) is 4.68 Å². The van der Waals surface area contributed by atoms with Crippen LogP contribution in [0.3, 0.4) is 0 Å². The maximum absolute atomic E-state index is 9.26. The maximum atomic E-state index is 9.26. The van der Waals surface area contributed by atoms with Crippen LogP contribution in [0.15, 0.2) is 0 Å². The van der Waals surface area contributed by atoms with E-state index < -0.39 is 0 Å². The van der Waals surface area contributed by atoms with Crippen LogP contribution in [-0.4, -0.2) is 47.9 Å². The molecule has 1 saturated heterocycles. The molecule has 2 N–H and O–H groups in total. The Kier molecular flexibility index (Phi) is 3.43. The summed E-state index contributed by atoms with van der Waals surface area (Å²) >= 11 is 0. The van der Waals surface area contributed by atoms with E-state index in [1.807, 2.05) is 13.8 Å². The Hall–Kier alpha value is -1.74. The predicted molar refractivity (Wildman–Crippen MR) is 71.4 cm³/mol. The van der Waals surface area contributed by atoms with Gasteiger partial charge in [-0.05, 0) is 20.9 Å². The average molecular weight is 248 g/mol. The molecular weight excluding hydrogens is 228 g/mol. The van der Waals surface area contributed by atoms with Crippen molar-refractivity contribution < 1.29 is 0 Å². The van der Waals surface area contributed by atoms with Crippen LogP contribution in [0.1, 0.15) is 25.5 Å². The number of anilines is 2. The van der Waals surface area contributed by atoms with Crippen molar-refractivity contribution in [2.75, 3.05) is 43.9 Å². The van der Waals surface area contributed by atoms with Crippen LogP contribution < -0.4 is 10.6 Å². The van der Waals surface area contributed by atoms with Crippen molar-refractivity contribution in [2.45, 2.75) is 19.9 Å². The third-order valence-electron chi connectivity index (χ3n) is 3.33. The zero-order valence-electron chi connectivity index (χ0n) is 11.2. The number of hydrogen-bond acceptors (Lipinski definition) is 5. The number of hydrogen-bond donors (Lipinski definition) is 1. The van der Waals surface area contributed by atoms with Gasteiger partial charge in [0.1, 0.15) is 17.5 Å². The van der Waals surface area contributed by atoms with E-state index >= 15 is 0 Å². The second-order valence-electron chi connectivity index (χ2n) is 5.02. The van der Waals surface area contributed by atoms with Gasteiger partial charge in [0, 0.05) is 32.2 Å². The highest BCUT2D eigenvalue weighted by molar-refractivity contribution is 5.65. The standard InChI is InChI=1S/C12H20N6/c1-9(2)18-11(14)10(8-13)12(15-18)17-6-4-16(3)5-7-17/h9H,4-7,14H2,1-3H3. The fourth-order valence-corrected chi connectivity index (χ4v) is 2.18. The summed E-state index contributed by atoms with van der Waals surface area (Å²) in [5.41, 5.74) is 6.50. The molecule has 0 amide bonds. The van der Waals surface area contributed by atoms with E-state index in [1.165, 1.54) is 0 Å². The van der Waals surface area contributed by atoms with Crippen molar-refractivity contribution in [3.8, 4) is 6.07 Å². The number of nitrogens with two attached hydrogens (primary N) is 1. The molecular formula is C12H20N6. The Morgan fingerprint density at radius 2 is 1.89 bits per heavy atom. The molecule has 0 aromatic carbocycles. The van der Waals surface area contributed by atoms with Crippen LogP contribution in [-0.2, 0) is 0 Å². The van der Waals surface area contributed by atoms with Crippen molar-refractivity contribution in [2.24, 2.45) is 0 Å². The van der Waals surface area contributed by atoms with Crippen molar-refractivity contribution in [3.05, 3.63) is 5.56 Å². The van der Waals surface area contributed by atoms with E-state index in [4.69, 9.17) is 5.73 Å². The quantitative estimate of drug-likeness (QED) is 0.832. The summed E-state index contributed by atoms with van der Waals surface area (Å²) in [6, 6.07) is 2.35. The highest BCUT2D eigenvalue weighted by Gasteiger charge is 2.24. The van der Waals surface area contributed by atoms with Gasteiger partial charge in [-0.1, -0.05) is 0 Å². The van der Waals surface area contributed by atoms with Crippen molar-refractivity contribution >= 4 is 11.6 Å². The third kappa shape index (κ3) is 2.14.